The number of ketones is 1. The minimum absolute atomic E-state index is 0.00816. The lowest BCUT2D eigenvalue weighted by Gasteiger charge is -2.31. The molecule has 2 saturated heterocycles. The first-order valence-corrected chi connectivity index (χ1v) is 10.2. The van der Waals surface area contributed by atoms with Gasteiger partial charge in [0.15, 0.2) is 0 Å². The average molecular weight is 428 g/mol. The summed E-state index contributed by atoms with van der Waals surface area (Å²) in [7, 11) is 0. The first-order valence-electron chi connectivity index (χ1n) is 10.2. The molecule has 1 atom stereocenters. The molecule has 1 unspecified atom stereocenters. The molecule has 0 aliphatic carbocycles. The third kappa shape index (κ3) is 3.98. The van der Waals surface area contributed by atoms with E-state index in [4.69, 9.17) is 4.74 Å². The van der Waals surface area contributed by atoms with Gasteiger partial charge in [-0.25, -0.2) is 4.39 Å². The number of aryl methyl sites for hydroxylation is 2. The van der Waals surface area contributed by atoms with Gasteiger partial charge in [0.25, 0.3) is 11.7 Å². The molecule has 164 valence electrons. The van der Waals surface area contributed by atoms with Crippen LogP contribution in [0.2, 0.25) is 0 Å². The van der Waals surface area contributed by atoms with Gasteiger partial charge in [0.1, 0.15) is 11.6 Å². The number of Topliss-reactive ketones (excluding diaryl/α,β-unsaturated/α-hetero) is 1. The van der Waals surface area contributed by atoms with Gasteiger partial charge in [-0.05, 0) is 31.5 Å². The molecule has 31 heavy (non-hydrogen) atoms. The van der Waals surface area contributed by atoms with Gasteiger partial charge in [-0.3, -0.25) is 19.6 Å². The minimum Gasteiger partial charge on any atom is -0.507 e. The third-order valence-corrected chi connectivity index (χ3v) is 5.85. The first-order chi connectivity index (χ1) is 14.9. The summed E-state index contributed by atoms with van der Waals surface area (Å²) >= 11 is 0. The second-order valence-electron chi connectivity index (χ2n) is 7.81. The highest BCUT2D eigenvalue weighted by molar-refractivity contribution is 6.46. The number of aromatic nitrogens is 2. The van der Waals surface area contributed by atoms with Gasteiger partial charge in [-0.2, -0.15) is 5.10 Å². The number of nitrogens with one attached hydrogen (secondary N) is 1. The number of carbonyl (C=O) groups excluding carboxylic acids is 2. The van der Waals surface area contributed by atoms with E-state index in [1.54, 1.807) is 13.8 Å². The Balaban J connectivity index is 1.75. The number of halogens is 1. The van der Waals surface area contributed by atoms with E-state index >= 15 is 0 Å². The Morgan fingerprint density at radius 2 is 1.87 bits per heavy atom. The van der Waals surface area contributed by atoms with Crippen molar-refractivity contribution in [1.82, 2.24) is 20.0 Å². The molecule has 0 bridgehead atoms. The largest absolute Gasteiger partial charge is 0.507 e. The molecule has 0 spiro atoms. The zero-order chi connectivity index (χ0) is 22.1. The van der Waals surface area contributed by atoms with Crippen molar-refractivity contribution in [2.45, 2.75) is 19.9 Å². The summed E-state index contributed by atoms with van der Waals surface area (Å²) in [5.74, 6) is -2.13. The Labute approximate surface area is 179 Å². The zero-order valence-electron chi connectivity index (χ0n) is 17.5. The van der Waals surface area contributed by atoms with Crippen LogP contribution in [0.15, 0.2) is 29.8 Å². The molecular formula is C22H25FN4O4. The summed E-state index contributed by atoms with van der Waals surface area (Å²) in [4.78, 5) is 29.6. The fraction of sp³-hybridized carbons (Fsp3) is 0.409. The van der Waals surface area contributed by atoms with Crippen LogP contribution in [0.25, 0.3) is 5.76 Å². The number of aliphatic hydroxyl groups is 1. The van der Waals surface area contributed by atoms with Crippen molar-refractivity contribution in [1.29, 1.82) is 0 Å². The maximum atomic E-state index is 13.6. The molecule has 0 saturated carbocycles. The number of amides is 1. The van der Waals surface area contributed by atoms with Crippen LogP contribution < -0.4 is 0 Å². The number of morpholine rings is 1. The lowest BCUT2D eigenvalue weighted by Crippen LogP contribution is -2.42. The lowest BCUT2D eigenvalue weighted by molar-refractivity contribution is -0.140. The van der Waals surface area contributed by atoms with E-state index < -0.39 is 23.5 Å². The highest BCUT2D eigenvalue weighted by Gasteiger charge is 2.46. The van der Waals surface area contributed by atoms with E-state index in [1.165, 1.54) is 29.2 Å². The van der Waals surface area contributed by atoms with Crippen molar-refractivity contribution in [2.24, 2.45) is 0 Å². The molecular weight excluding hydrogens is 403 g/mol. The van der Waals surface area contributed by atoms with Crippen molar-refractivity contribution in [3.8, 4) is 0 Å². The van der Waals surface area contributed by atoms with Crippen LogP contribution in [0.3, 0.4) is 0 Å². The molecule has 2 fully saturated rings. The number of hydrogen-bond acceptors (Lipinski definition) is 6. The summed E-state index contributed by atoms with van der Waals surface area (Å²) in [6.45, 7) is 7.05. The number of nitrogens with zero attached hydrogens (tertiary/aromatic N) is 3. The van der Waals surface area contributed by atoms with Crippen LogP contribution in [0, 0.1) is 19.7 Å². The van der Waals surface area contributed by atoms with Crippen LogP contribution in [-0.2, 0) is 14.3 Å². The Morgan fingerprint density at radius 1 is 1.19 bits per heavy atom. The van der Waals surface area contributed by atoms with Gasteiger partial charge in [0.05, 0.1) is 36.1 Å². The molecule has 2 aromatic rings. The molecule has 2 aliphatic heterocycles. The van der Waals surface area contributed by atoms with E-state index in [0.717, 1.165) is 13.1 Å². The smallest absolute Gasteiger partial charge is 0.295 e. The molecule has 1 amide bonds. The predicted molar refractivity (Wildman–Crippen MR) is 111 cm³/mol. The quantitative estimate of drug-likeness (QED) is 0.429. The van der Waals surface area contributed by atoms with Gasteiger partial charge < -0.3 is 14.7 Å². The van der Waals surface area contributed by atoms with E-state index in [9.17, 15) is 19.1 Å². The highest BCUT2D eigenvalue weighted by Crippen LogP contribution is 2.40. The normalized spacial score (nSPS) is 21.8. The SMILES string of the molecule is Cc1n[nH]c(C)c1C(O)=C1C(=O)C(=O)N(CCN2CCOCC2)C1c1ccc(F)cc1. The highest BCUT2D eigenvalue weighted by atomic mass is 19.1. The molecule has 9 heteroatoms. The predicted octanol–water partition coefficient (Wildman–Crippen LogP) is 1.92. The van der Waals surface area contributed by atoms with Gasteiger partial charge in [-0.15, -0.1) is 0 Å². The van der Waals surface area contributed by atoms with Gasteiger partial charge in [0, 0.05) is 31.9 Å². The standard InChI is InChI=1S/C22H25FN4O4/c1-13-17(14(2)25-24-13)20(28)18-19(15-3-5-16(23)6-4-15)27(22(30)21(18)29)8-7-26-9-11-31-12-10-26/h3-6,19,28H,7-12H2,1-2H3,(H,24,25). The second kappa shape index (κ2) is 8.60. The summed E-state index contributed by atoms with van der Waals surface area (Å²) in [6, 6.07) is 4.83. The number of H-pyrrole nitrogens is 1. The molecule has 3 heterocycles. The number of carbonyl (C=O) groups is 2. The van der Waals surface area contributed by atoms with E-state index in [0.29, 0.717) is 48.8 Å². The molecule has 1 aromatic heterocycles. The van der Waals surface area contributed by atoms with E-state index in [1.807, 2.05) is 0 Å². The van der Waals surface area contributed by atoms with Gasteiger partial charge in [-0.1, -0.05) is 12.1 Å². The zero-order valence-corrected chi connectivity index (χ0v) is 17.5. The maximum absolute atomic E-state index is 13.6. The second-order valence-corrected chi connectivity index (χ2v) is 7.81. The molecule has 0 radical (unpaired) electrons. The summed E-state index contributed by atoms with van der Waals surface area (Å²) in [5.41, 5.74) is 2.06. The van der Waals surface area contributed by atoms with Crippen LogP contribution >= 0.6 is 0 Å². The van der Waals surface area contributed by atoms with Crippen molar-refractivity contribution >= 4 is 17.4 Å². The Hall–Kier alpha value is -3.04. The Bertz CT molecular complexity index is 1010. The number of aromatic amines is 1. The topological polar surface area (TPSA) is 98.8 Å². The molecule has 1 aromatic carbocycles. The third-order valence-electron chi connectivity index (χ3n) is 5.85. The van der Waals surface area contributed by atoms with Crippen molar-refractivity contribution < 1.29 is 23.8 Å². The summed E-state index contributed by atoms with van der Waals surface area (Å²) in [6.07, 6.45) is 0. The monoisotopic (exact) mass is 428 g/mol. The van der Waals surface area contributed by atoms with E-state index in [-0.39, 0.29) is 11.3 Å². The minimum atomic E-state index is -0.810. The molecule has 2 aliphatic rings. The number of benzene rings is 1. The Morgan fingerprint density at radius 3 is 2.48 bits per heavy atom. The Kier molecular flexibility index (Phi) is 5.88. The van der Waals surface area contributed by atoms with Crippen molar-refractivity contribution in [2.75, 3.05) is 39.4 Å². The van der Waals surface area contributed by atoms with Crippen LogP contribution in [0.4, 0.5) is 4.39 Å². The number of likely N-dealkylation sites (tertiary alicyclic amines) is 1. The summed E-state index contributed by atoms with van der Waals surface area (Å²) < 4.78 is 18.9. The first kappa shape index (κ1) is 21.2. The summed E-state index contributed by atoms with van der Waals surface area (Å²) in [5, 5.41) is 18.0. The molecule has 2 N–H and O–H groups in total. The average Bonchev–Trinajstić information content (AvgIpc) is 3.23. The van der Waals surface area contributed by atoms with Gasteiger partial charge >= 0.3 is 0 Å². The molecule has 4 rings (SSSR count). The maximum Gasteiger partial charge on any atom is 0.295 e. The van der Waals surface area contributed by atoms with Crippen molar-refractivity contribution in [3.05, 3.63) is 58.2 Å². The number of rotatable bonds is 5. The number of hydrogen-bond donors (Lipinski definition) is 2. The van der Waals surface area contributed by atoms with Crippen LogP contribution in [0.5, 0.6) is 0 Å². The van der Waals surface area contributed by atoms with Crippen molar-refractivity contribution in [3.63, 3.8) is 0 Å². The van der Waals surface area contributed by atoms with E-state index in [2.05, 4.69) is 15.1 Å². The number of ether oxygens (including phenoxy) is 1. The lowest BCUT2D eigenvalue weighted by atomic mass is 9.94. The van der Waals surface area contributed by atoms with Crippen LogP contribution in [-0.4, -0.2) is 76.2 Å². The fourth-order valence-corrected chi connectivity index (χ4v) is 4.21. The van der Waals surface area contributed by atoms with Crippen LogP contribution in [0.1, 0.15) is 28.6 Å². The van der Waals surface area contributed by atoms with Gasteiger partial charge in [0.2, 0.25) is 0 Å². The number of aliphatic hydroxyl groups excluding tert-OH is 1. The molecule has 8 nitrogen and oxygen atoms in total. The fourth-order valence-electron chi connectivity index (χ4n) is 4.21.